The van der Waals surface area contributed by atoms with Gasteiger partial charge in [-0.1, -0.05) is 30.3 Å². The fourth-order valence-corrected chi connectivity index (χ4v) is 3.83. The molecule has 0 radical (unpaired) electrons. The highest BCUT2D eigenvalue weighted by Gasteiger charge is 2.16. The number of rotatable bonds is 5. The van der Waals surface area contributed by atoms with Gasteiger partial charge in [-0.05, 0) is 49.3 Å². The van der Waals surface area contributed by atoms with Crippen molar-refractivity contribution in [3.8, 4) is 0 Å². The van der Waals surface area contributed by atoms with Gasteiger partial charge in [-0.2, -0.15) is 0 Å². The van der Waals surface area contributed by atoms with E-state index in [0.29, 0.717) is 0 Å². The highest BCUT2D eigenvalue weighted by molar-refractivity contribution is 5.88. The summed E-state index contributed by atoms with van der Waals surface area (Å²) in [6.45, 7) is 7.63. The van der Waals surface area contributed by atoms with E-state index in [1.807, 2.05) is 30.3 Å². The van der Waals surface area contributed by atoms with Crippen molar-refractivity contribution in [2.24, 2.45) is 0 Å². The Balaban J connectivity index is 1.31. The minimum absolute atomic E-state index is 0.0372. The third kappa shape index (κ3) is 4.80. The van der Waals surface area contributed by atoms with Crippen LogP contribution in [0.1, 0.15) is 24.7 Å². The number of hydrogen-bond acceptors (Lipinski definition) is 4. The Bertz CT molecular complexity index is 899. The Hall–Kier alpha value is -2.63. The average molecular weight is 377 g/mol. The van der Waals surface area contributed by atoms with Crippen molar-refractivity contribution in [2.75, 3.05) is 31.5 Å². The molecule has 1 N–H and O–H groups in total. The van der Waals surface area contributed by atoms with Crippen LogP contribution in [0.4, 0.5) is 5.69 Å². The summed E-state index contributed by atoms with van der Waals surface area (Å²) in [6, 6.07) is 18.5. The molecule has 3 aromatic rings. The number of benzene rings is 2. The molecule has 28 heavy (non-hydrogen) atoms. The molecule has 4 rings (SSSR count). The smallest absolute Gasteiger partial charge is 0.221 e. The summed E-state index contributed by atoms with van der Waals surface area (Å²) in [5.41, 5.74) is 3.10. The van der Waals surface area contributed by atoms with Crippen LogP contribution >= 0.6 is 0 Å². The predicted octanol–water partition coefficient (Wildman–Crippen LogP) is 4.10. The lowest BCUT2D eigenvalue weighted by atomic mass is 10.2. The first-order chi connectivity index (χ1) is 13.7. The van der Waals surface area contributed by atoms with Gasteiger partial charge in [0.05, 0.1) is 6.54 Å². The van der Waals surface area contributed by atoms with E-state index in [2.05, 4.69) is 39.4 Å². The van der Waals surface area contributed by atoms with Crippen LogP contribution in [0.15, 0.2) is 59.0 Å². The van der Waals surface area contributed by atoms with E-state index < -0.39 is 0 Å². The van der Waals surface area contributed by atoms with E-state index in [1.165, 1.54) is 17.9 Å². The van der Waals surface area contributed by atoms with Gasteiger partial charge in [0.1, 0.15) is 11.3 Å². The second-order valence-electron chi connectivity index (χ2n) is 7.53. The fraction of sp³-hybridized carbons (Fsp3) is 0.348. The normalized spacial score (nSPS) is 16.2. The van der Waals surface area contributed by atoms with E-state index >= 15 is 0 Å². The Labute approximate surface area is 165 Å². The van der Waals surface area contributed by atoms with Crippen LogP contribution in [-0.4, -0.2) is 41.9 Å². The molecule has 146 valence electrons. The van der Waals surface area contributed by atoms with Gasteiger partial charge in [-0.15, -0.1) is 0 Å². The summed E-state index contributed by atoms with van der Waals surface area (Å²) in [5.74, 6) is 1.01. The molecule has 0 saturated carbocycles. The minimum atomic E-state index is -0.0372. The van der Waals surface area contributed by atoms with Crippen molar-refractivity contribution < 1.29 is 9.21 Å². The lowest BCUT2D eigenvalue weighted by Gasteiger charge is -2.21. The molecule has 1 fully saturated rings. The molecule has 1 aliphatic heterocycles. The van der Waals surface area contributed by atoms with Crippen molar-refractivity contribution in [1.29, 1.82) is 0 Å². The van der Waals surface area contributed by atoms with Crippen LogP contribution < -0.4 is 5.32 Å². The summed E-state index contributed by atoms with van der Waals surface area (Å²) in [7, 11) is 0. The number of fused-ring (bicyclic) bond motifs is 1. The van der Waals surface area contributed by atoms with Crippen molar-refractivity contribution >= 4 is 22.6 Å². The van der Waals surface area contributed by atoms with Crippen LogP contribution in [-0.2, 0) is 17.9 Å². The highest BCUT2D eigenvalue weighted by atomic mass is 16.3. The van der Waals surface area contributed by atoms with Crippen molar-refractivity contribution in [1.82, 2.24) is 9.80 Å². The first kappa shape index (κ1) is 18.7. The Morgan fingerprint density at radius 2 is 1.68 bits per heavy atom. The standard InChI is InChI=1S/C23H27N3O2/c1-18(27)24-21-9-7-19(8-10-21)16-25-11-4-12-26(14-13-25)17-22-15-20-5-2-3-6-23(20)28-22/h2-3,5-10,15H,4,11-14,16-17H2,1H3,(H,24,27). The van der Waals surface area contributed by atoms with E-state index in [4.69, 9.17) is 4.42 Å². The molecule has 1 aliphatic rings. The van der Waals surface area contributed by atoms with Gasteiger partial charge < -0.3 is 9.73 Å². The quantitative estimate of drug-likeness (QED) is 0.727. The van der Waals surface area contributed by atoms with E-state index in [9.17, 15) is 4.79 Å². The van der Waals surface area contributed by atoms with Crippen molar-refractivity contribution in [3.05, 3.63) is 65.9 Å². The zero-order valence-corrected chi connectivity index (χ0v) is 16.4. The molecule has 1 amide bonds. The molecule has 0 spiro atoms. The Morgan fingerprint density at radius 1 is 0.964 bits per heavy atom. The molecule has 0 atom stereocenters. The molecule has 2 aromatic carbocycles. The van der Waals surface area contributed by atoms with E-state index in [-0.39, 0.29) is 5.91 Å². The second kappa shape index (κ2) is 8.59. The van der Waals surface area contributed by atoms with Crippen LogP contribution in [0.3, 0.4) is 0 Å². The van der Waals surface area contributed by atoms with Gasteiger partial charge in [0.15, 0.2) is 0 Å². The lowest BCUT2D eigenvalue weighted by Crippen LogP contribution is -2.30. The fourth-order valence-electron chi connectivity index (χ4n) is 3.83. The number of nitrogens with one attached hydrogen (secondary N) is 1. The molecular formula is C23H27N3O2. The van der Waals surface area contributed by atoms with Crippen LogP contribution in [0.2, 0.25) is 0 Å². The van der Waals surface area contributed by atoms with Crippen LogP contribution in [0, 0.1) is 0 Å². The molecule has 1 saturated heterocycles. The van der Waals surface area contributed by atoms with Gasteiger partial charge in [-0.25, -0.2) is 0 Å². The lowest BCUT2D eigenvalue weighted by molar-refractivity contribution is -0.114. The largest absolute Gasteiger partial charge is 0.460 e. The number of furan rings is 1. The SMILES string of the molecule is CC(=O)Nc1ccc(CN2CCCN(Cc3cc4ccccc4o3)CC2)cc1. The summed E-state index contributed by atoms with van der Waals surface area (Å²) < 4.78 is 5.99. The van der Waals surface area contributed by atoms with Gasteiger partial charge in [0, 0.05) is 37.6 Å². The molecule has 0 unspecified atom stereocenters. The molecule has 0 aliphatic carbocycles. The topological polar surface area (TPSA) is 48.7 Å². The number of amides is 1. The van der Waals surface area contributed by atoms with Crippen LogP contribution in [0.25, 0.3) is 11.0 Å². The zero-order chi connectivity index (χ0) is 19.3. The van der Waals surface area contributed by atoms with E-state index in [0.717, 1.165) is 62.7 Å². The molecule has 5 nitrogen and oxygen atoms in total. The monoisotopic (exact) mass is 377 g/mol. The number of nitrogens with zero attached hydrogens (tertiary/aromatic N) is 2. The summed E-state index contributed by atoms with van der Waals surface area (Å²) in [4.78, 5) is 16.1. The molecule has 0 bridgehead atoms. The predicted molar refractivity (Wildman–Crippen MR) is 112 cm³/mol. The first-order valence-corrected chi connectivity index (χ1v) is 9.94. The number of carbonyl (C=O) groups is 1. The molecule has 1 aromatic heterocycles. The number of hydrogen-bond donors (Lipinski definition) is 1. The average Bonchev–Trinajstić information content (AvgIpc) is 2.96. The van der Waals surface area contributed by atoms with Gasteiger partial charge in [0.25, 0.3) is 0 Å². The third-order valence-corrected chi connectivity index (χ3v) is 5.22. The molecule has 5 heteroatoms. The summed E-state index contributed by atoms with van der Waals surface area (Å²) in [5, 5.41) is 3.99. The van der Waals surface area contributed by atoms with Gasteiger partial charge in [-0.3, -0.25) is 14.6 Å². The van der Waals surface area contributed by atoms with Crippen molar-refractivity contribution in [2.45, 2.75) is 26.4 Å². The van der Waals surface area contributed by atoms with Gasteiger partial charge >= 0.3 is 0 Å². The maximum Gasteiger partial charge on any atom is 0.221 e. The van der Waals surface area contributed by atoms with Gasteiger partial charge in [0.2, 0.25) is 5.91 Å². The summed E-state index contributed by atoms with van der Waals surface area (Å²) >= 11 is 0. The third-order valence-electron chi connectivity index (χ3n) is 5.22. The Kier molecular flexibility index (Phi) is 5.74. The van der Waals surface area contributed by atoms with Crippen molar-refractivity contribution in [3.63, 3.8) is 0 Å². The van der Waals surface area contributed by atoms with E-state index in [1.54, 1.807) is 0 Å². The number of para-hydroxylation sites is 1. The second-order valence-corrected chi connectivity index (χ2v) is 7.53. The number of anilines is 1. The number of carbonyl (C=O) groups excluding carboxylic acids is 1. The zero-order valence-electron chi connectivity index (χ0n) is 16.4. The minimum Gasteiger partial charge on any atom is -0.460 e. The summed E-state index contributed by atoms with van der Waals surface area (Å²) in [6.07, 6.45) is 1.16. The maximum atomic E-state index is 11.1. The van der Waals surface area contributed by atoms with Crippen LogP contribution in [0.5, 0.6) is 0 Å². The molecular weight excluding hydrogens is 350 g/mol. The maximum absolute atomic E-state index is 11.1. The Morgan fingerprint density at radius 3 is 2.39 bits per heavy atom. The first-order valence-electron chi connectivity index (χ1n) is 9.94. The highest BCUT2D eigenvalue weighted by Crippen LogP contribution is 2.21. The molecule has 2 heterocycles.